The van der Waals surface area contributed by atoms with Crippen molar-refractivity contribution in [1.29, 1.82) is 0 Å². The van der Waals surface area contributed by atoms with E-state index in [0.29, 0.717) is 17.2 Å². The topological polar surface area (TPSA) is 58.9 Å². The Balaban J connectivity index is 1.74. The minimum Gasteiger partial charge on any atom is -0.507 e. The number of benzene rings is 2. The average Bonchev–Trinajstić information content (AvgIpc) is 2.67. The number of aromatic hydroxyl groups is 1. The summed E-state index contributed by atoms with van der Waals surface area (Å²) in [5.41, 5.74) is 5.11. The molecule has 152 valence electrons. The molecule has 3 aromatic rings. The molecule has 0 amide bonds. The largest absolute Gasteiger partial charge is 0.507 e. The van der Waals surface area contributed by atoms with Crippen LogP contribution in [0.25, 0.3) is 22.8 Å². The Morgan fingerprint density at radius 2 is 1.59 bits per heavy atom. The lowest BCUT2D eigenvalue weighted by atomic mass is 10.0. The van der Waals surface area contributed by atoms with Gasteiger partial charge in [0.2, 0.25) is 0 Å². The minimum absolute atomic E-state index is 0.224. The van der Waals surface area contributed by atoms with Crippen LogP contribution in [0.3, 0.4) is 0 Å². The van der Waals surface area contributed by atoms with Crippen LogP contribution in [0.1, 0.15) is 56.2 Å². The summed E-state index contributed by atoms with van der Waals surface area (Å²) in [5, 5.41) is 10.6. The Kier molecular flexibility index (Phi) is 6.97. The number of phenolic OH excluding ortho intramolecular Hbond substituents is 1. The fourth-order valence-corrected chi connectivity index (χ4v) is 3.60. The molecule has 29 heavy (non-hydrogen) atoms. The van der Waals surface area contributed by atoms with Crippen molar-refractivity contribution in [2.45, 2.75) is 59.8 Å². The zero-order valence-electron chi connectivity index (χ0n) is 17.9. The van der Waals surface area contributed by atoms with Crippen LogP contribution >= 0.6 is 0 Å². The maximum atomic E-state index is 10.6. The van der Waals surface area contributed by atoms with Gasteiger partial charge in [0.05, 0.1) is 5.56 Å². The Morgan fingerprint density at radius 3 is 2.28 bits per heavy atom. The molecule has 2 aromatic carbocycles. The highest BCUT2D eigenvalue weighted by Gasteiger charge is 2.12. The van der Waals surface area contributed by atoms with Crippen LogP contribution in [0.2, 0.25) is 0 Å². The van der Waals surface area contributed by atoms with E-state index in [9.17, 15) is 5.11 Å². The molecule has 4 heteroatoms. The van der Waals surface area contributed by atoms with Crippen molar-refractivity contribution in [3.8, 4) is 28.5 Å². The van der Waals surface area contributed by atoms with E-state index in [1.54, 1.807) is 0 Å². The molecule has 1 N–H and O–H groups in total. The van der Waals surface area contributed by atoms with Gasteiger partial charge >= 0.3 is 0 Å². The summed E-state index contributed by atoms with van der Waals surface area (Å²) in [6.07, 6.45) is 7.43. The molecule has 0 radical (unpaired) electrons. The summed E-state index contributed by atoms with van der Waals surface area (Å²) < 4.78 is 0. The molecule has 1 aromatic heterocycles. The average molecular weight is 390 g/mol. The Hall–Kier alpha value is -2.75. The number of hydrogen-bond acceptors (Lipinski definition) is 4. The van der Waals surface area contributed by atoms with Crippen LogP contribution in [-0.2, 0) is 6.42 Å². The van der Waals surface area contributed by atoms with Crippen LogP contribution in [0, 0.1) is 19.8 Å². The number of aryl methyl sites for hydroxylation is 3. The third-order valence-electron chi connectivity index (χ3n) is 5.24. The van der Waals surface area contributed by atoms with Crippen LogP contribution in [-0.4, -0.2) is 20.1 Å². The molecule has 3 rings (SSSR count). The minimum atomic E-state index is 0.224. The van der Waals surface area contributed by atoms with Gasteiger partial charge in [0.15, 0.2) is 11.6 Å². The van der Waals surface area contributed by atoms with E-state index < -0.39 is 0 Å². The number of nitrogens with zero attached hydrogens (tertiary/aromatic N) is 3. The van der Waals surface area contributed by atoms with Crippen molar-refractivity contribution in [3.63, 3.8) is 0 Å². The normalized spacial score (nSPS) is 11.2. The lowest BCUT2D eigenvalue weighted by Gasteiger charge is -2.09. The molecular weight excluding hydrogens is 358 g/mol. The van der Waals surface area contributed by atoms with Crippen molar-refractivity contribution in [1.82, 2.24) is 15.0 Å². The van der Waals surface area contributed by atoms with Gasteiger partial charge in [-0.05, 0) is 55.9 Å². The maximum Gasteiger partial charge on any atom is 0.167 e. The Labute approximate surface area is 174 Å². The van der Waals surface area contributed by atoms with Crippen LogP contribution < -0.4 is 0 Å². The highest BCUT2D eigenvalue weighted by atomic mass is 16.3. The third-order valence-corrected chi connectivity index (χ3v) is 5.24. The van der Waals surface area contributed by atoms with Crippen LogP contribution in [0.4, 0.5) is 0 Å². The standard InChI is InChI=1S/C25H31N3O/c1-17(2)8-6-5-7-9-20-11-13-22(23(29)15-20)25-27-16-26-24(28-25)21-12-10-18(3)14-19(21)4/h10-17,29H,5-9H2,1-4H3. The number of hydrogen-bond donors (Lipinski definition) is 1. The predicted octanol–water partition coefficient (Wildman–Crippen LogP) is 6.29. The van der Waals surface area contributed by atoms with Crippen LogP contribution in [0.5, 0.6) is 5.75 Å². The van der Waals surface area contributed by atoms with Crippen LogP contribution in [0.15, 0.2) is 42.7 Å². The van der Waals surface area contributed by atoms with Crippen molar-refractivity contribution in [2.75, 3.05) is 0 Å². The van der Waals surface area contributed by atoms with Crippen molar-refractivity contribution < 1.29 is 5.11 Å². The highest BCUT2D eigenvalue weighted by Crippen LogP contribution is 2.29. The van der Waals surface area contributed by atoms with Gasteiger partial charge in [-0.1, -0.05) is 62.9 Å². The molecular formula is C25H31N3O. The monoisotopic (exact) mass is 389 g/mol. The van der Waals surface area contributed by atoms with Gasteiger partial charge in [-0.15, -0.1) is 0 Å². The van der Waals surface area contributed by atoms with E-state index in [-0.39, 0.29) is 5.75 Å². The van der Waals surface area contributed by atoms with Crippen molar-refractivity contribution >= 4 is 0 Å². The molecule has 0 unspecified atom stereocenters. The second-order valence-corrected chi connectivity index (χ2v) is 8.30. The Bertz CT molecular complexity index is 966. The summed E-state index contributed by atoms with van der Waals surface area (Å²) in [7, 11) is 0. The Morgan fingerprint density at radius 1 is 0.862 bits per heavy atom. The predicted molar refractivity (Wildman–Crippen MR) is 119 cm³/mol. The van der Waals surface area contributed by atoms with Gasteiger partial charge in [-0.25, -0.2) is 15.0 Å². The second-order valence-electron chi connectivity index (χ2n) is 8.30. The lowest BCUT2D eigenvalue weighted by molar-refractivity contribution is 0.475. The molecule has 0 spiro atoms. The summed E-state index contributed by atoms with van der Waals surface area (Å²) >= 11 is 0. The highest BCUT2D eigenvalue weighted by molar-refractivity contribution is 5.67. The third kappa shape index (κ3) is 5.63. The molecule has 0 aliphatic carbocycles. The smallest absolute Gasteiger partial charge is 0.167 e. The zero-order valence-corrected chi connectivity index (χ0v) is 17.9. The molecule has 0 atom stereocenters. The van der Waals surface area contributed by atoms with Crippen molar-refractivity contribution in [3.05, 3.63) is 59.4 Å². The summed E-state index contributed by atoms with van der Waals surface area (Å²) in [6.45, 7) is 8.66. The zero-order chi connectivity index (χ0) is 20.8. The first kappa shape index (κ1) is 21.0. The van der Waals surface area contributed by atoms with E-state index >= 15 is 0 Å². The molecule has 1 heterocycles. The molecule has 4 nitrogen and oxygen atoms in total. The fraction of sp³-hybridized carbons (Fsp3) is 0.400. The van der Waals surface area contributed by atoms with Gasteiger partial charge in [0, 0.05) is 5.56 Å². The molecule has 0 saturated carbocycles. The van der Waals surface area contributed by atoms with E-state index in [2.05, 4.69) is 60.8 Å². The number of unbranched alkanes of at least 4 members (excludes halogenated alkanes) is 2. The van der Waals surface area contributed by atoms with Gasteiger partial charge in [-0.2, -0.15) is 0 Å². The number of rotatable bonds is 8. The van der Waals surface area contributed by atoms with Crippen molar-refractivity contribution in [2.24, 2.45) is 5.92 Å². The summed E-state index contributed by atoms with van der Waals surface area (Å²) in [5.74, 6) is 2.12. The first-order valence-corrected chi connectivity index (χ1v) is 10.5. The number of phenols is 1. The molecule has 0 aliphatic heterocycles. The molecule has 0 fully saturated rings. The number of aromatic nitrogens is 3. The lowest BCUT2D eigenvalue weighted by Crippen LogP contribution is -1.97. The second kappa shape index (κ2) is 9.64. The van der Waals surface area contributed by atoms with E-state index in [1.807, 2.05) is 18.2 Å². The maximum absolute atomic E-state index is 10.6. The van der Waals surface area contributed by atoms with Gasteiger partial charge < -0.3 is 5.11 Å². The first-order valence-electron chi connectivity index (χ1n) is 10.5. The summed E-state index contributed by atoms with van der Waals surface area (Å²) in [4.78, 5) is 13.2. The quantitative estimate of drug-likeness (QED) is 0.460. The van der Waals surface area contributed by atoms with E-state index in [1.165, 1.54) is 31.2 Å². The molecule has 0 aliphatic rings. The molecule has 0 saturated heterocycles. The SMILES string of the molecule is Cc1ccc(-c2ncnc(-c3ccc(CCCCCC(C)C)cc3O)n2)c(C)c1. The summed E-state index contributed by atoms with van der Waals surface area (Å²) in [6, 6.07) is 12.0. The van der Waals surface area contributed by atoms with E-state index in [4.69, 9.17) is 0 Å². The van der Waals surface area contributed by atoms with Gasteiger partial charge in [0.25, 0.3) is 0 Å². The van der Waals surface area contributed by atoms with E-state index in [0.717, 1.165) is 35.4 Å². The first-order chi connectivity index (χ1) is 13.9. The molecule has 0 bridgehead atoms. The fourth-order valence-electron chi connectivity index (χ4n) is 3.60. The van der Waals surface area contributed by atoms with Gasteiger partial charge in [0.1, 0.15) is 12.1 Å². The van der Waals surface area contributed by atoms with Gasteiger partial charge in [-0.3, -0.25) is 0 Å².